The lowest BCUT2D eigenvalue weighted by molar-refractivity contribution is 0.342. The van der Waals surface area contributed by atoms with Gasteiger partial charge in [-0.25, -0.2) is 0 Å². The van der Waals surface area contributed by atoms with Gasteiger partial charge in [-0.15, -0.1) is 0 Å². The van der Waals surface area contributed by atoms with E-state index in [0.29, 0.717) is 12.3 Å². The molecule has 0 radical (unpaired) electrons. The van der Waals surface area contributed by atoms with Crippen LogP contribution in [0.3, 0.4) is 0 Å². The maximum Gasteiger partial charge on any atom is 0.144 e. The van der Waals surface area contributed by atoms with Crippen LogP contribution >= 0.6 is 0 Å². The second kappa shape index (κ2) is 4.61. The normalized spacial score (nSPS) is 20.1. The minimum atomic E-state index is 0.285. The number of nitrogens with two attached hydrogens (primary N) is 2. The lowest BCUT2D eigenvalue weighted by atomic mass is 10.2. The van der Waals surface area contributed by atoms with Gasteiger partial charge in [0, 0.05) is 30.9 Å². The van der Waals surface area contributed by atoms with Crippen LogP contribution in [0.1, 0.15) is 13.3 Å². The monoisotopic (exact) mass is 221 g/mol. The highest BCUT2D eigenvalue weighted by atomic mass is 16.5. The molecule has 0 amide bonds. The summed E-state index contributed by atoms with van der Waals surface area (Å²) < 4.78 is 5.48. The number of hydrogen-bond donors (Lipinski definition) is 2. The highest BCUT2D eigenvalue weighted by Gasteiger charge is 2.19. The third-order valence-corrected chi connectivity index (χ3v) is 2.89. The Hall–Kier alpha value is -1.42. The van der Waals surface area contributed by atoms with Gasteiger partial charge in [0.05, 0.1) is 12.3 Å². The van der Waals surface area contributed by atoms with Crippen molar-refractivity contribution in [1.82, 2.24) is 0 Å². The Balaban J connectivity index is 2.18. The van der Waals surface area contributed by atoms with Gasteiger partial charge >= 0.3 is 0 Å². The van der Waals surface area contributed by atoms with Crippen LogP contribution in [0, 0.1) is 0 Å². The zero-order chi connectivity index (χ0) is 11.5. The molecule has 4 heteroatoms. The smallest absolute Gasteiger partial charge is 0.144 e. The molecule has 4 nitrogen and oxygen atoms in total. The minimum absolute atomic E-state index is 0.285. The van der Waals surface area contributed by atoms with Gasteiger partial charge in [-0.3, -0.25) is 0 Å². The first-order valence-electron chi connectivity index (χ1n) is 5.73. The Morgan fingerprint density at radius 2 is 2.31 bits per heavy atom. The van der Waals surface area contributed by atoms with Gasteiger partial charge in [-0.2, -0.15) is 0 Å². The van der Waals surface area contributed by atoms with E-state index in [1.165, 1.54) is 0 Å². The zero-order valence-corrected chi connectivity index (χ0v) is 9.65. The molecule has 1 aliphatic heterocycles. The van der Waals surface area contributed by atoms with Crippen molar-refractivity contribution in [3.05, 3.63) is 18.2 Å². The third-order valence-electron chi connectivity index (χ3n) is 2.89. The summed E-state index contributed by atoms with van der Waals surface area (Å²) in [6.07, 6.45) is 1.05. The molecule has 1 aromatic rings. The SMILES string of the molecule is CCOc1cc(N2CCC(N)C2)ccc1N. The molecule has 1 heterocycles. The minimum Gasteiger partial charge on any atom is -0.492 e. The molecule has 1 aliphatic rings. The van der Waals surface area contributed by atoms with Gasteiger partial charge in [0.2, 0.25) is 0 Å². The van der Waals surface area contributed by atoms with Crippen LogP contribution in [0.15, 0.2) is 18.2 Å². The van der Waals surface area contributed by atoms with Gasteiger partial charge in [0.1, 0.15) is 5.75 Å². The van der Waals surface area contributed by atoms with Crippen LogP contribution in [-0.4, -0.2) is 25.7 Å². The largest absolute Gasteiger partial charge is 0.492 e. The van der Waals surface area contributed by atoms with Crippen LogP contribution in [0.4, 0.5) is 11.4 Å². The van der Waals surface area contributed by atoms with Crippen LogP contribution in [0.25, 0.3) is 0 Å². The maximum atomic E-state index is 5.89. The summed E-state index contributed by atoms with van der Waals surface area (Å²) in [4.78, 5) is 2.27. The summed E-state index contributed by atoms with van der Waals surface area (Å²) in [7, 11) is 0. The molecule has 0 aromatic heterocycles. The molecule has 4 N–H and O–H groups in total. The van der Waals surface area contributed by atoms with Crippen molar-refractivity contribution < 1.29 is 4.74 Å². The van der Waals surface area contributed by atoms with Crippen LogP contribution < -0.4 is 21.1 Å². The molecule has 16 heavy (non-hydrogen) atoms. The number of nitrogens with zero attached hydrogens (tertiary/aromatic N) is 1. The van der Waals surface area contributed by atoms with Crippen molar-refractivity contribution >= 4 is 11.4 Å². The standard InChI is InChI=1S/C12H19N3O/c1-2-16-12-7-10(3-4-11(12)14)15-6-5-9(13)8-15/h3-4,7,9H,2,5-6,8,13-14H2,1H3. The first-order valence-corrected chi connectivity index (χ1v) is 5.73. The quantitative estimate of drug-likeness (QED) is 0.753. The Morgan fingerprint density at radius 3 is 2.94 bits per heavy atom. The first kappa shape index (κ1) is 11.1. The van der Waals surface area contributed by atoms with E-state index in [2.05, 4.69) is 4.90 Å². The Morgan fingerprint density at radius 1 is 1.50 bits per heavy atom. The topological polar surface area (TPSA) is 64.5 Å². The number of anilines is 2. The molecule has 1 unspecified atom stereocenters. The Kier molecular flexibility index (Phi) is 3.19. The second-order valence-corrected chi connectivity index (χ2v) is 4.15. The van der Waals surface area contributed by atoms with E-state index >= 15 is 0 Å². The van der Waals surface area contributed by atoms with Gasteiger partial charge < -0.3 is 21.1 Å². The van der Waals surface area contributed by atoms with Crippen molar-refractivity contribution in [2.75, 3.05) is 30.3 Å². The average molecular weight is 221 g/mol. The summed E-state index contributed by atoms with van der Waals surface area (Å²) in [5, 5.41) is 0. The van der Waals surface area contributed by atoms with Crippen LogP contribution in [0.2, 0.25) is 0 Å². The molecular formula is C12H19N3O. The van der Waals surface area contributed by atoms with E-state index in [0.717, 1.165) is 30.9 Å². The number of ether oxygens (including phenoxy) is 1. The molecule has 0 aliphatic carbocycles. The molecular weight excluding hydrogens is 202 g/mol. The number of hydrogen-bond acceptors (Lipinski definition) is 4. The lowest BCUT2D eigenvalue weighted by Gasteiger charge is -2.19. The predicted octanol–water partition coefficient (Wildman–Crippen LogP) is 1.20. The molecule has 1 aromatic carbocycles. The molecule has 1 saturated heterocycles. The van der Waals surface area contributed by atoms with Gasteiger partial charge in [-0.05, 0) is 25.5 Å². The summed E-state index contributed by atoms with van der Waals surface area (Å²) in [5.41, 5.74) is 13.6. The molecule has 2 rings (SSSR count). The van der Waals surface area contributed by atoms with Crippen molar-refractivity contribution in [3.63, 3.8) is 0 Å². The number of rotatable bonds is 3. The van der Waals surface area contributed by atoms with Crippen LogP contribution in [0.5, 0.6) is 5.75 Å². The summed E-state index contributed by atoms with van der Waals surface area (Å²) in [5.74, 6) is 0.764. The fourth-order valence-corrected chi connectivity index (χ4v) is 2.02. The average Bonchev–Trinajstić information content (AvgIpc) is 2.69. The van der Waals surface area contributed by atoms with E-state index < -0.39 is 0 Å². The number of nitrogen functional groups attached to an aromatic ring is 1. The second-order valence-electron chi connectivity index (χ2n) is 4.15. The zero-order valence-electron chi connectivity index (χ0n) is 9.65. The summed E-state index contributed by atoms with van der Waals surface area (Å²) in [6.45, 7) is 4.51. The maximum absolute atomic E-state index is 5.89. The lowest BCUT2D eigenvalue weighted by Crippen LogP contribution is -2.26. The molecule has 88 valence electrons. The fourth-order valence-electron chi connectivity index (χ4n) is 2.02. The van der Waals surface area contributed by atoms with Crippen molar-refractivity contribution in [2.45, 2.75) is 19.4 Å². The molecule has 0 bridgehead atoms. The van der Waals surface area contributed by atoms with E-state index in [4.69, 9.17) is 16.2 Å². The first-order chi connectivity index (χ1) is 7.70. The van der Waals surface area contributed by atoms with Gasteiger partial charge in [0.25, 0.3) is 0 Å². The highest BCUT2D eigenvalue weighted by molar-refractivity contribution is 5.62. The highest BCUT2D eigenvalue weighted by Crippen LogP contribution is 2.29. The molecule has 0 spiro atoms. The Bertz CT molecular complexity index is 367. The van der Waals surface area contributed by atoms with E-state index in [1.807, 2.05) is 25.1 Å². The molecule has 0 saturated carbocycles. The molecule has 1 atom stereocenters. The van der Waals surface area contributed by atoms with E-state index in [1.54, 1.807) is 0 Å². The predicted molar refractivity (Wildman–Crippen MR) is 66.8 cm³/mol. The van der Waals surface area contributed by atoms with Gasteiger partial charge in [0.15, 0.2) is 0 Å². The fraction of sp³-hybridized carbons (Fsp3) is 0.500. The summed E-state index contributed by atoms with van der Waals surface area (Å²) >= 11 is 0. The van der Waals surface area contributed by atoms with Crippen molar-refractivity contribution in [1.29, 1.82) is 0 Å². The van der Waals surface area contributed by atoms with Crippen molar-refractivity contribution in [2.24, 2.45) is 5.73 Å². The number of benzene rings is 1. The van der Waals surface area contributed by atoms with Crippen LogP contribution in [-0.2, 0) is 0 Å². The van der Waals surface area contributed by atoms with Crippen molar-refractivity contribution in [3.8, 4) is 5.75 Å². The van der Waals surface area contributed by atoms with E-state index in [-0.39, 0.29) is 6.04 Å². The Labute approximate surface area is 96.2 Å². The summed E-state index contributed by atoms with van der Waals surface area (Å²) in [6, 6.07) is 6.20. The third kappa shape index (κ3) is 2.22. The van der Waals surface area contributed by atoms with E-state index in [9.17, 15) is 0 Å². The molecule has 1 fully saturated rings. The van der Waals surface area contributed by atoms with Gasteiger partial charge in [-0.1, -0.05) is 0 Å².